The fourth-order valence-corrected chi connectivity index (χ4v) is 1.99. The molecule has 3 heteroatoms. The number of hydrogen-bond acceptors (Lipinski definition) is 3. The lowest BCUT2D eigenvalue weighted by molar-refractivity contribution is 0.387. The van der Waals surface area contributed by atoms with E-state index in [1.807, 2.05) is 18.2 Å². The molecule has 96 valence electrons. The molecule has 1 aromatic carbocycles. The summed E-state index contributed by atoms with van der Waals surface area (Å²) in [4.78, 5) is 0. The van der Waals surface area contributed by atoms with Gasteiger partial charge >= 0.3 is 0 Å². The van der Waals surface area contributed by atoms with Crippen LogP contribution in [-0.4, -0.2) is 14.2 Å². The highest BCUT2D eigenvalue weighted by Crippen LogP contribution is 2.30. The lowest BCUT2D eigenvalue weighted by Crippen LogP contribution is -2.19. The molecule has 0 radical (unpaired) electrons. The van der Waals surface area contributed by atoms with E-state index in [0.29, 0.717) is 5.92 Å². The summed E-state index contributed by atoms with van der Waals surface area (Å²) in [5.74, 6) is 2.04. The molecule has 0 aromatic heterocycles. The quantitative estimate of drug-likeness (QED) is 0.826. The first-order valence-electron chi connectivity index (χ1n) is 6.10. The van der Waals surface area contributed by atoms with Crippen LogP contribution in [0.2, 0.25) is 0 Å². The van der Waals surface area contributed by atoms with E-state index < -0.39 is 0 Å². The number of hydrogen-bond donors (Lipinski definition) is 1. The van der Waals surface area contributed by atoms with Crippen molar-refractivity contribution in [3.63, 3.8) is 0 Å². The van der Waals surface area contributed by atoms with Gasteiger partial charge in [-0.3, -0.25) is 0 Å². The van der Waals surface area contributed by atoms with Gasteiger partial charge in [0.15, 0.2) is 0 Å². The zero-order chi connectivity index (χ0) is 12.8. The largest absolute Gasteiger partial charge is 0.497 e. The summed E-state index contributed by atoms with van der Waals surface area (Å²) in [7, 11) is 3.30. The molecule has 0 fully saturated rings. The van der Waals surface area contributed by atoms with Gasteiger partial charge in [0.2, 0.25) is 0 Å². The van der Waals surface area contributed by atoms with Crippen LogP contribution in [0.5, 0.6) is 11.5 Å². The smallest absolute Gasteiger partial charge is 0.122 e. The zero-order valence-corrected chi connectivity index (χ0v) is 11.2. The highest BCUT2D eigenvalue weighted by Gasteiger charge is 2.16. The van der Waals surface area contributed by atoms with Crippen LogP contribution in [0, 0.1) is 5.92 Å². The van der Waals surface area contributed by atoms with Crippen LogP contribution < -0.4 is 15.2 Å². The van der Waals surface area contributed by atoms with Crippen LogP contribution in [-0.2, 0) is 0 Å². The molecule has 0 bridgehead atoms. The number of nitrogens with two attached hydrogens (primary N) is 1. The first-order valence-corrected chi connectivity index (χ1v) is 6.10. The molecule has 17 heavy (non-hydrogen) atoms. The Balaban J connectivity index is 2.95. The Hall–Kier alpha value is -1.22. The van der Waals surface area contributed by atoms with Gasteiger partial charge in [-0.25, -0.2) is 0 Å². The Kier molecular flexibility index (Phi) is 5.29. The van der Waals surface area contributed by atoms with Gasteiger partial charge in [0.05, 0.1) is 14.2 Å². The number of rotatable bonds is 6. The highest BCUT2D eigenvalue weighted by molar-refractivity contribution is 5.39. The Morgan fingerprint density at radius 3 is 2.06 bits per heavy atom. The molecule has 0 heterocycles. The average molecular weight is 237 g/mol. The van der Waals surface area contributed by atoms with Gasteiger partial charge in [0.1, 0.15) is 11.5 Å². The van der Waals surface area contributed by atoms with Crippen molar-refractivity contribution < 1.29 is 9.47 Å². The second-order valence-corrected chi connectivity index (χ2v) is 4.44. The van der Waals surface area contributed by atoms with Gasteiger partial charge in [-0.05, 0) is 30.0 Å². The van der Waals surface area contributed by atoms with E-state index in [1.54, 1.807) is 14.2 Å². The molecule has 2 unspecified atom stereocenters. The maximum Gasteiger partial charge on any atom is 0.122 e. The predicted molar refractivity (Wildman–Crippen MR) is 70.5 cm³/mol. The van der Waals surface area contributed by atoms with Crippen molar-refractivity contribution in [1.82, 2.24) is 0 Å². The summed E-state index contributed by atoms with van der Waals surface area (Å²) in [6, 6.07) is 5.86. The van der Waals surface area contributed by atoms with Crippen molar-refractivity contribution in [2.45, 2.75) is 32.7 Å². The van der Waals surface area contributed by atoms with Crippen molar-refractivity contribution in [3.05, 3.63) is 23.8 Å². The van der Waals surface area contributed by atoms with E-state index in [-0.39, 0.29) is 6.04 Å². The number of ether oxygens (including phenoxy) is 2. The lowest BCUT2D eigenvalue weighted by Gasteiger charge is -2.21. The minimum atomic E-state index is 0.0268. The molecule has 1 rings (SSSR count). The average Bonchev–Trinajstić information content (AvgIpc) is 2.37. The maximum absolute atomic E-state index is 6.26. The Morgan fingerprint density at radius 2 is 1.65 bits per heavy atom. The van der Waals surface area contributed by atoms with Gasteiger partial charge < -0.3 is 15.2 Å². The third kappa shape index (κ3) is 3.63. The van der Waals surface area contributed by atoms with E-state index in [4.69, 9.17) is 15.2 Å². The molecule has 0 aliphatic carbocycles. The van der Waals surface area contributed by atoms with Crippen molar-refractivity contribution in [1.29, 1.82) is 0 Å². The molecule has 0 saturated heterocycles. The van der Waals surface area contributed by atoms with E-state index in [1.165, 1.54) is 0 Å². The molecular formula is C14H23NO2. The molecule has 2 N–H and O–H groups in total. The number of methoxy groups -OCH3 is 2. The Morgan fingerprint density at radius 1 is 1.12 bits per heavy atom. The molecule has 0 spiro atoms. The van der Waals surface area contributed by atoms with E-state index in [9.17, 15) is 0 Å². The Bertz CT molecular complexity index is 330. The molecule has 0 aliphatic rings. The van der Waals surface area contributed by atoms with E-state index in [0.717, 1.165) is 29.9 Å². The van der Waals surface area contributed by atoms with Crippen LogP contribution in [0.15, 0.2) is 18.2 Å². The van der Waals surface area contributed by atoms with E-state index >= 15 is 0 Å². The molecule has 0 amide bonds. The summed E-state index contributed by atoms with van der Waals surface area (Å²) < 4.78 is 10.5. The van der Waals surface area contributed by atoms with Crippen molar-refractivity contribution in [2.24, 2.45) is 11.7 Å². The molecule has 1 aromatic rings. The summed E-state index contributed by atoms with van der Waals surface area (Å²) in [6.45, 7) is 4.36. The summed E-state index contributed by atoms with van der Waals surface area (Å²) >= 11 is 0. The molecular weight excluding hydrogens is 214 g/mol. The van der Waals surface area contributed by atoms with Gasteiger partial charge in [0.25, 0.3) is 0 Å². The van der Waals surface area contributed by atoms with Crippen LogP contribution in [0.3, 0.4) is 0 Å². The molecule has 3 nitrogen and oxygen atoms in total. The third-order valence-electron chi connectivity index (χ3n) is 3.12. The first kappa shape index (κ1) is 13.8. The second-order valence-electron chi connectivity index (χ2n) is 4.44. The monoisotopic (exact) mass is 237 g/mol. The van der Waals surface area contributed by atoms with Crippen LogP contribution >= 0.6 is 0 Å². The standard InChI is InChI=1S/C14H23NO2/c1-5-6-10(2)14(15)11-7-12(16-3)9-13(8-11)17-4/h7-10,14H,5-6,15H2,1-4H3. The van der Waals surface area contributed by atoms with E-state index in [2.05, 4.69) is 13.8 Å². The van der Waals surface area contributed by atoms with Crippen LogP contribution in [0.4, 0.5) is 0 Å². The minimum absolute atomic E-state index is 0.0268. The topological polar surface area (TPSA) is 44.5 Å². The Labute approximate surface area is 104 Å². The first-order chi connectivity index (χ1) is 8.12. The highest BCUT2D eigenvalue weighted by atomic mass is 16.5. The molecule has 0 aliphatic heterocycles. The van der Waals surface area contributed by atoms with Crippen molar-refractivity contribution in [2.75, 3.05) is 14.2 Å². The van der Waals surface area contributed by atoms with Crippen LogP contribution in [0.25, 0.3) is 0 Å². The van der Waals surface area contributed by atoms with Gasteiger partial charge in [-0.15, -0.1) is 0 Å². The van der Waals surface area contributed by atoms with Gasteiger partial charge in [-0.2, -0.15) is 0 Å². The third-order valence-corrected chi connectivity index (χ3v) is 3.12. The molecule has 0 saturated carbocycles. The van der Waals surface area contributed by atoms with Crippen LogP contribution in [0.1, 0.15) is 38.3 Å². The predicted octanol–water partition coefficient (Wildman–Crippen LogP) is 3.14. The number of benzene rings is 1. The zero-order valence-electron chi connectivity index (χ0n) is 11.2. The lowest BCUT2D eigenvalue weighted by atomic mass is 9.91. The summed E-state index contributed by atoms with van der Waals surface area (Å²) in [5.41, 5.74) is 7.33. The SMILES string of the molecule is CCCC(C)C(N)c1cc(OC)cc(OC)c1. The van der Waals surface area contributed by atoms with Crippen molar-refractivity contribution in [3.8, 4) is 11.5 Å². The summed E-state index contributed by atoms with van der Waals surface area (Å²) in [6.07, 6.45) is 2.27. The van der Waals surface area contributed by atoms with Gasteiger partial charge in [-0.1, -0.05) is 20.3 Å². The minimum Gasteiger partial charge on any atom is -0.497 e. The molecule has 2 atom stereocenters. The fourth-order valence-electron chi connectivity index (χ4n) is 1.99. The second kappa shape index (κ2) is 6.50. The fraction of sp³-hybridized carbons (Fsp3) is 0.571. The van der Waals surface area contributed by atoms with Crippen molar-refractivity contribution >= 4 is 0 Å². The normalized spacial score (nSPS) is 14.2. The summed E-state index contributed by atoms with van der Waals surface area (Å²) in [5, 5.41) is 0. The maximum atomic E-state index is 6.26. The van der Waals surface area contributed by atoms with Gasteiger partial charge in [0, 0.05) is 12.1 Å².